The number of carboxylic acid groups (broad SMARTS) is 1. The molecule has 3 aliphatic rings. The zero-order valence-corrected chi connectivity index (χ0v) is 14.6. The van der Waals surface area contributed by atoms with Crippen LogP contribution in [0.15, 0.2) is 24.3 Å². The summed E-state index contributed by atoms with van der Waals surface area (Å²) in [5.74, 6) is 0.831. The molecular formula is C19H27N3O3. The van der Waals surface area contributed by atoms with Gasteiger partial charge in [-0.1, -0.05) is 24.3 Å². The van der Waals surface area contributed by atoms with Crippen molar-refractivity contribution in [1.82, 2.24) is 15.1 Å². The molecule has 0 radical (unpaired) electrons. The van der Waals surface area contributed by atoms with Gasteiger partial charge in [-0.3, -0.25) is 14.5 Å². The fourth-order valence-corrected chi connectivity index (χ4v) is 3.83. The average molecular weight is 345 g/mol. The smallest absolute Gasteiger partial charge is 0.290 e. The summed E-state index contributed by atoms with van der Waals surface area (Å²) in [6, 6.07) is 9.35. The van der Waals surface area contributed by atoms with E-state index in [1.165, 1.54) is 43.5 Å². The van der Waals surface area contributed by atoms with Crippen LogP contribution in [0.4, 0.5) is 0 Å². The number of carbonyl (C=O) groups excluding carboxylic acids is 1. The second kappa shape index (κ2) is 8.45. The van der Waals surface area contributed by atoms with E-state index in [0.29, 0.717) is 12.5 Å². The summed E-state index contributed by atoms with van der Waals surface area (Å²) in [6.07, 6.45) is 4.01. The van der Waals surface area contributed by atoms with Crippen LogP contribution in [0.25, 0.3) is 0 Å². The molecule has 2 fully saturated rings. The molecule has 1 saturated heterocycles. The Morgan fingerprint density at radius 3 is 2.44 bits per heavy atom. The number of likely N-dealkylation sites (tertiary alicyclic amines) is 1. The second-order valence-electron chi connectivity index (χ2n) is 7.20. The van der Waals surface area contributed by atoms with E-state index in [1.807, 2.05) is 0 Å². The van der Waals surface area contributed by atoms with Crippen molar-refractivity contribution in [3.63, 3.8) is 0 Å². The van der Waals surface area contributed by atoms with E-state index in [2.05, 4.69) is 39.4 Å². The van der Waals surface area contributed by atoms with Gasteiger partial charge in [0.25, 0.3) is 6.47 Å². The fraction of sp³-hybridized carbons (Fsp3) is 0.579. The lowest BCUT2D eigenvalue weighted by Gasteiger charge is -2.17. The third-order valence-corrected chi connectivity index (χ3v) is 5.24. The third kappa shape index (κ3) is 5.03. The second-order valence-corrected chi connectivity index (χ2v) is 7.20. The predicted octanol–water partition coefficient (Wildman–Crippen LogP) is 1.30. The van der Waals surface area contributed by atoms with E-state index in [-0.39, 0.29) is 12.4 Å². The Balaban J connectivity index is 0.000000569. The number of fused-ring (bicyclic) bond motifs is 1. The van der Waals surface area contributed by atoms with Gasteiger partial charge in [0, 0.05) is 32.2 Å². The number of rotatable bonds is 5. The summed E-state index contributed by atoms with van der Waals surface area (Å²) in [5.41, 5.74) is 2.73. The molecule has 6 nitrogen and oxygen atoms in total. The summed E-state index contributed by atoms with van der Waals surface area (Å²) < 4.78 is 0. The molecule has 1 aromatic carbocycles. The number of carbonyl (C=O) groups is 2. The van der Waals surface area contributed by atoms with Crippen LogP contribution in [0.5, 0.6) is 0 Å². The number of amides is 1. The standard InChI is InChI=1S/C18H25N3O.CH2O2/c22-18(13-20-11-15-3-1-2-4-16(15)12-20)19-9-14-7-8-21(10-14)17-5-6-17;2-1-3/h1-4,14,17H,5-13H2,(H,19,22);1H,(H,2,3). The molecule has 1 atom stereocenters. The van der Waals surface area contributed by atoms with E-state index in [9.17, 15) is 4.79 Å². The highest BCUT2D eigenvalue weighted by Crippen LogP contribution is 2.31. The number of nitrogens with zero attached hydrogens (tertiary/aromatic N) is 2. The Kier molecular flexibility index (Phi) is 6.04. The molecule has 2 aliphatic heterocycles. The molecular weight excluding hydrogens is 318 g/mol. The summed E-state index contributed by atoms with van der Waals surface area (Å²) in [4.78, 5) is 25.4. The van der Waals surface area contributed by atoms with Crippen LogP contribution in [-0.4, -0.2) is 59.5 Å². The van der Waals surface area contributed by atoms with Crippen LogP contribution < -0.4 is 5.32 Å². The van der Waals surface area contributed by atoms with Gasteiger partial charge in [0.15, 0.2) is 0 Å². The molecule has 136 valence electrons. The first-order chi connectivity index (χ1) is 12.2. The van der Waals surface area contributed by atoms with Crippen molar-refractivity contribution in [1.29, 1.82) is 0 Å². The minimum Gasteiger partial charge on any atom is -0.483 e. The van der Waals surface area contributed by atoms with E-state index in [0.717, 1.165) is 25.7 Å². The van der Waals surface area contributed by atoms with E-state index >= 15 is 0 Å². The normalized spacial score (nSPS) is 22.8. The first kappa shape index (κ1) is 17.9. The summed E-state index contributed by atoms with van der Waals surface area (Å²) in [6.45, 7) is 5.34. The van der Waals surface area contributed by atoms with Gasteiger partial charge in [0.05, 0.1) is 6.54 Å². The first-order valence-corrected chi connectivity index (χ1v) is 9.07. The summed E-state index contributed by atoms with van der Waals surface area (Å²) in [5, 5.41) is 10.0. The molecule has 0 spiro atoms. The van der Waals surface area contributed by atoms with Crippen molar-refractivity contribution in [3.8, 4) is 0 Å². The summed E-state index contributed by atoms with van der Waals surface area (Å²) >= 11 is 0. The molecule has 2 N–H and O–H groups in total. The van der Waals surface area contributed by atoms with Gasteiger partial charge in [0.1, 0.15) is 0 Å². The van der Waals surface area contributed by atoms with Crippen molar-refractivity contribution < 1.29 is 14.7 Å². The van der Waals surface area contributed by atoms with Gasteiger partial charge in [-0.15, -0.1) is 0 Å². The van der Waals surface area contributed by atoms with Gasteiger partial charge in [0.2, 0.25) is 5.91 Å². The molecule has 1 saturated carbocycles. The SMILES string of the molecule is O=C(CN1Cc2ccccc2C1)NCC1CCN(C2CC2)C1.O=CO. The van der Waals surface area contributed by atoms with E-state index in [1.54, 1.807) is 0 Å². The van der Waals surface area contributed by atoms with Crippen LogP contribution in [-0.2, 0) is 22.7 Å². The molecule has 6 heteroatoms. The fourth-order valence-electron chi connectivity index (χ4n) is 3.83. The first-order valence-electron chi connectivity index (χ1n) is 9.07. The van der Waals surface area contributed by atoms with Crippen LogP contribution in [0, 0.1) is 5.92 Å². The quantitative estimate of drug-likeness (QED) is 0.787. The van der Waals surface area contributed by atoms with Crippen molar-refractivity contribution in [2.75, 3.05) is 26.2 Å². The van der Waals surface area contributed by atoms with E-state index < -0.39 is 0 Å². The highest BCUT2D eigenvalue weighted by Gasteiger charge is 2.34. The Morgan fingerprint density at radius 2 is 1.84 bits per heavy atom. The van der Waals surface area contributed by atoms with Gasteiger partial charge < -0.3 is 15.3 Å². The van der Waals surface area contributed by atoms with E-state index in [4.69, 9.17) is 9.90 Å². The zero-order chi connectivity index (χ0) is 17.6. The maximum atomic E-state index is 12.2. The maximum Gasteiger partial charge on any atom is 0.290 e. The van der Waals surface area contributed by atoms with Crippen LogP contribution >= 0.6 is 0 Å². The number of hydrogen-bond acceptors (Lipinski definition) is 4. The lowest BCUT2D eigenvalue weighted by Crippen LogP contribution is -2.37. The monoisotopic (exact) mass is 345 g/mol. The third-order valence-electron chi connectivity index (χ3n) is 5.24. The van der Waals surface area contributed by atoms with Crippen LogP contribution in [0.1, 0.15) is 30.4 Å². The van der Waals surface area contributed by atoms with Gasteiger partial charge in [-0.25, -0.2) is 0 Å². The Labute approximate surface area is 148 Å². The lowest BCUT2D eigenvalue weighted by atomic mass is 10.1. The van der Waals surface area contributed by atoms with Gasteiger partial charge in [-0.05, 0) is 42.9 Å². The Morgan fingerprint density at radius 1 is 1.20 bits per heavy atom. The van der Waals surface area contributed by atoms with Crippen LogP contribution in [0.2, 0.25) is 0 Å². The van der Waals surface area contributed by atoms with Gasteiger partial charge >= 0.3 is 0 Å². The highest BCUT2D eigenvalue weighted by molar-refractivity contribution is 5.78. The number of hydrogen-bond donors (Lipinski definition) is 2. The zero-order valence-electron chi connectivity index (χ0n) is 14.6. The summed E-state index contributed by atoms with van der Waals surface area (Å²) in [7, 11) is 0. The number of nitrogens with one attached hydrogen (secondary N) is 1. The minimum atomic E-state index is -0.250. The molecule has 25 heavy (non-hydrogen) atoms. The lowest BCUT2D eigenvalue weighted by molar-refractivity contribution is -0.123. The Hall–Kier alpha value is -1.92. The average Bonchev–Trinajstić information content (AvgIpc) is 3.19. The topological polar surface area (TPSA) is 72.9 Å². The molecule has 0 bridgehead atoms. The molecule has 4 rings (SSSR count). The molecule has 1 aliphatic carbocycles. The molecule has 2 heterocycles. The van der Waals surface area contributed by atoms with Gasteiger partial charge in [-0.2, -0.15) is 0 Å². The minimum absolute atomic E-state index is 0.178. The van der Waals surface area contributed by atoms with Crippen LogP contribution in [0.3, 0.4) is 0 Å². The molecule has 1 unspecified atom stereocenters. The highest BCUT2D eigenvalue weighted by atomic mass is 16.3. The maximum absolute atomic E-state index is 12.2. The predicted molar refractivity (Wildman–Crippen MR) is 95.0 cm³/mol. The van der Waals surface area contributed by atoms with Crippen molar-refractivity contribution >= 4 is 12.4 Å². The van der Waals surface area contributed by atoms with Crippen molar-refractivity contribution in [2.24, 2.45) is 5.92 Å². The Bertz CT molecular complexity index is 578. The molecule has 1 amide bonds. The number of benzene rings is 1. The van der Waals surface area contributed by atoms with Crippen molar-refractivity contribution in [3.05, 3.63) is 35.4 Å². The molecule has 0 aromatic heterocycles. The largest absolute Gasteiger partial charge is 0.483 e. The van der Waals surface area contributed by atoms with Crippen molar-refractivity contribution in [2.45, 2.75) is 38.4 Å². The molecule has 1 aromatic rings.